The zero-order valence-corrected chi connectivity index (χ0v) is 14.2. The minimum absolute atomic E-state index is 0.173. The Balaban J connectivity index is 1.52. The van der Waals surface area contributed by atoms with Crippen molar-refractivity contribution in [1.82, 2.24) is 9.78 Å². The van der Waals surface area contributed by atoms with Gasteiger partial charge in [0.15, 0.2) is 23.2 Å². The molecule has 0 saturated heterocycles. The lowest BCUT2D eigenvalue weighted by Gasteiger charge is -2.05. The number of carbonyl (C=O) groups is 2. The SMILES string of the molecule is CC(=O)c1ccc(Cn2cc(NC(=O)OCc3ccc(F)c(F)c3)cn2)o1. The standard InChI is InChI=1S/C18H15F2N3O4/c1-11(24)17-5-3-14(27-17)9-23-8-13(7-21-23)22-18(25)26-10-12-2-4-15(19)16(20)6-12/h2-8H,9-10H2,1H3,(H,22,25). The molecule has 0 aliphatic rings. The van der Waals surface area contributed by atoms with Crippen LogP contribution in [0.3, 0.4) is 0 Å². The van der Waals surface area contributed by atoms with Crippen LogP contribution >= 0.6 is 0 Å². The summed E-state index contributed by atoms with van der Waals surface area (Å²) in [5, 5.41) is 6.54. The molecule has 9 heteroatoms. The minimum atomic E-state index is -1.01. The summed E-state index contributed by atoms with van der Waals surface area (Å²) in [6.07, 6.45) is 2.19. The zero-order chi connectivity index (χ0) is 19.4. The predicted molar refractivity (Wildman–Crippen MR) is 90.2 cm³/mol. The van der Waals surface area contributed by atoms with Gasteiger partial charge in [0.2, 0.25) is 0 Å². The average molecular weight is 375 g/mol. The minimum Gasteiger partial charge on any atom is -0.456 e. The van der Waals surface area contributed by atoms with Crippen molar-refractivity contribution in [2.24, 2.45) is 0 Å². The van der Waals surface area contributed by atoms with E-state index in [1.807, 2.05) is 0 Å². The van der Waals surface area contributed by atoms with Crippen LogP contribution in [0.4, 0.5) is 19.3 Å². The molecular formula is C18H15F2N3O4. The summed E-state index contributed by atoms with van der Waals surface area (Å²) in [5.41, 5.74) is 0.697. The number of nitrogens with zero attached hydrogens (tertiary/aromatic N) is 2. The largest absolute Gasteiger partial charge is 0.456 e. The molecule has 3 aromatic rings. The first-order valence-corrected chi connectivity index (χ1v) is 7.90. The van der Waals surface area contributed by atoms with Crippen LogP contribution in [-0.2, 0) is 17.9 Å². The molecule has 27 heavy (non-hydrogen) atoms. The molecule has 0 bridgehead atoms. The van der Waals surface area contributed by atoms with Crippen LogP contribution in [0.25, 0.3) is 0 Å². The number of ketones is 1. The van der Waals surface area contributed by atoms with E-state index in [1.165, 1.54) is 23.9 Å². The van der Waals surface area contributed by atoms with Crippen molar-refractivity contribution >= 4 is 17.6 Å². The molecule has 0 aliphatic heterocycles. The van der Waals surface area contributed by atoms with Gasteiger partial charge < -0.3 is 9.15 Å². The van der Waals surface area contributed by atoms with E-state index in [2.05, 4.69) is 10.4 Å². The molecule has 0 radical (unpaired) electrons. The van der Waals surface area contributed by atoms with Crippen molar-refractivity contribution in [1.29, 1.82) is 0 Å². The highest BCUT2D eigenvalue weighted by Crippen LogP contribution is 2.13. The fourth-order valence-corrected chi connectivity index (χ4v) is 2.26. The fourth-order valence-electron chi connectivity index (χ4n) is 2.26. The molecule has 0 atom stereocenters. The molecule has 2 aromatic heterocycles. The summed E-state index contributed by atoms with van der Waals surface area (Å²) in [7, 11) is 0. The third-order valence-corrected chi connectivity index (χ3v) is 3.56. The Morgan fingerprint density at radius 1 is 1.22 bits per heavy atom. The summed E-state index contributed by atoms with van der Waals surface area (Å²) >= 11 is 0. The van der Waals surface area contributed by atoms with Crippen molar-refractivity contribution in [3.8, 4) is 0 Å². The molecular weight excluding hydrogens is 360 g/mol. The molecule has 140 valence electrons. The highest BCUT2D eigenvalue weighted by molar-refractivity contribution is 5.91. The van der Waals surface area contributed by atoms with Crippen molar-refractivity contribution < 1.29 is 27.5 Å². The normalized spacial score (nSPS) is 10.6. The first kappa shape index (κ1) is 18.3. The van der Waals surface area contributed by atoms with Crippen LogP contribution in [0.1, 0.15) is 28.8 Å². The maximum atomic E-state index is 13.1. The van der Waals surface area contributed by atoms with Crippen molar-refractivity contribution in [3.63, 3.8) is 0 Å². The molecule has 2 heterocycles. The van der Waals surface area contributed by atoms with Gasteiger partial charge in [-0.1, -0.05) is 6.07 Å². The van der Waals surface area contributed by atoms with Crippen LogP contribution in [0, 0.1) is 11.6 Å². The molecule has 3 rings (SSSR count). The van der Waals surface area contributed by atoms with Crippen LogP contribution in [0.15, 0.2) is 47.1 Å². The van der Waals surface area contributed by atoms with Crippen molar-refractivity contribution in [3.05, 3.63) is 71.4 Å². The molecule has 7 nitrogen and oxygen atoms in total. The predicted octanol–water partition coefficient (Wildman–Crippen LogP) is 3.75. The van der Waals surface area contributed by atoms with E-state index in [9.17, 15) is 18.4 Å². The highest BCUT2D eigenvalue weighted by Gasteiger charge is 2.10. The maximum Gasteiger partial charge on any atom is 0.412 e. The lowest BCUT2D eigenvalue weighted by Crippen LogP contribution is -2.13. The first-order valence-electron chi connectivity index (χ1n) is 7.90. The summed E-state index contributed by atoms with van der Waals surface area (Å²) < 4.78 is 37.8. The van der Waals surface area contributed by atoms with Crippen LogP contribution < -0.4 is 5.32 Å². The Hall–Kier alpha value is -3.49. The molecule has 0 fully saturated rings. The third-order valence-electron chi connectivity index (χ3n) is 3.56. The van der Waals surface area contributed by atoms with Gasteiger partial charge >= 0.3 is 6.09 Å². The molecule has 0 saturated carbocycles. The Bertz CT molecular complexity index is 981. The second-order valence-electron chi connectivity index (χ2n) is 5.70. The number of carbonyl (C=O) groups excluding carboxylic acids is 2. The van der Waals surface area contributed by atoms with Gasteiger partial charge in [-0.05, 0) is 29.8 Å². The second-order valence-corrected chi connectivity index (χ2v) is 5.70. The second kappa shape index (κ2) is 7.81. The number of halogens is 2. The number of hydrogen-bond donors (Lipinski definition) is 1. The van der Waals surface area contributed by atoms with Crippen molar-refractivity contribution in [2.45, 2.75) is 20.1 Å². The number of amides is 1. The van der Waals surface area contributed by atoms with Gasteiger partial charge in [-0.3, -0.25) is 14.8 Å². The number of furan rings is 1. The van der Waals surface area contributed by atoms with Crippen molar-refractivity contribution in [2.75, 3.05) is 5.32 Å². The fraction of sp³-hybridized carbons (Fsp3) is 0.167. The topological polar surface area (TPSA) is 86.4 Å². The number of ether oxygens (including phenoxy) is 1. The van der Waals surface area contributed by atoms with Crippen LogP contribution in [0.2, 0.25) is 0 Å². The van der Waals surface area contributed by atoms with Gasteiger partial charge in [-0.2, -0.15) is 5.10 Å². The van der Waals surface area contributed by atoms with E-state index >= 15 is 0 Å². The summed E-state index contributed by atoms with van der Waals surface area (Å²) in [5.74, 6) is -1.36. The molecule has 1 amide bonds. The molecule has 1 aromatic carbocycles. The lowest BCUT2D eigenvalue weighted by molar-refractivity contribution is 0.0985. The Labute approximate surface area is 152 Å². The Morgan fingerprint density at radius 2 is 2.04 bits per heavy atom. The van der Waals surface area contributed by atoms with Gasteiger partial charge in [0.05, 0.1) is 18.4 Å². The van der Waals surface area contributed by atoms with E-state index in [-0.39, 0.29) is 24.7 Å². The number of benzene rings is 1. The number of nitrogens with one attached hydrogen (secondary N) is 1. The van der Waals surface area contributed by atoms with E-state index in [0.29, 0.717) is 17.0 Å². The monoisotopic (exact) mass is 375 g/mol. The van der Waals surface area contributed by atoms with E-state index in [4.69, 9.17) is 9.15 Å². The molecule has 1 N–H and O–H groups in total. The van der Waals surface area contributed by atoms with E-state index < -0.39 is 17.7 Å². The van der Waals surface area contributed by atoms with E-state index in [0.717, 1.165) is 12.1 Å². The smallest absolute Gasteiger partial charge is 0.412 e. The lowest BCUT2D eigenvalue weighted by atomic mass is 10.2. The summed E-state index contributed by atoms with van der Waals surface area (Å²) in [6, 6.07) is 6.49. The summed E-state index contributed by atoms with van der Waals surface area (Å²) in [6.45, 7) is 1.47. The quantitative estimate of drug-likeness (QED) is 0.663. The van der Waals surface area contributed by atoms with Crippen LogP contribution in [0.5, 0.6) is 0 Å². The van der Waals surface area contributed by atoms with E-state index in [1.54, 1.807) is 18.3 Å². The van der Waals surface area contributed by atoms with Gasteiger partial charge in [-0.25, -0.2) is 13.6 Å². The van der Waals surface area contributed by atoms with Gasteiger partial charge in [-0.15, -0.1) is 0 Å². The number of aromatic nitrogens is 2. The molecule has 0 aliphatic carbocycles. The van der Waals surface area contributed by atoms with Gasteiger partial charge in [0, 0.05) is 13.1 Å². The zero-order valence-electron chi connectivity index (χ0n) is 14.2. The average Bonchev–Trinajstić information content (AvgIpc) is 3.26. The highest BCUT2D eigenvalue weighted by atomic mass is 19.2. The summed E-state index contributed by atoms with van der Waals surface area (Å²) in [4.78, 5) is 23.0. The van der Waals surface area contributed by atoms with Crippen LogP contribution in [-0.4, -0.2) is 21.7 Å². The first-order chi connectivity index (χ1) is 12.9. The van der Waals surface area contributed by atoms with Gasteiger partial charge in [0.25, 0.3) is 0 Å². The number of Topliss-reactive ketones (excluding diaryl/α,β-unsaturated/α-hetero) is 1. The molecule has 0 unspecified atom stereocenters. The van der Waals surface area contributed by atoms with Gasteiger partial charge in [0.1, 0.15) is 12.4 Å². The third kappa shape index (κ3) is 4.78. The molecule has 0 spiro atoms. The number of hydrogen-bond acceptors (Lipinski definition) is 5. The maximum absolute atomic E-state index is 13.1. The Morgan fingerprint density at radius 3 is 2.74 bits per heavy atom. The number of rotatable bonds is 6. The number of anilines is 1. The Kier molecular flexibility index (Phi) is 5.30.